The number of hydrogen-bond donors (Lipinski definition) is 1. The van der Waals surface area contributed by atoms with Gasteiger partial charge in [-0.05, 0) is 13.0 Å². The molecule has 0 saturated heterocycles. The molecule has 0 amide bonds. The van der Waals surface area contributed by atoms with E-state index in [-0.39, 0.29) is 6.54 Å². The number of nitrogens with two attached hydrogens (primary N) is 1. The number of nitrogens with zero attached hydrogens (tertiary/aromatic N) is 2. The predicted octanol–water partition coefficient (Wildman–Crippen LogP) is 2.17. The lowest BCUT2D eigenvalue weighted by Crippen LogP contribution is -1.98. The van der Waals surface area contributed by atoms with Crippen molar-refractivity contribution in [1.29, 1.82) is 0 Å². The van der Waals surface area contributed by atoms with E-state index in [0.717, 1.165) is 5.56 Å². The Balaban J connectivity index is 2.61. The maximum atomic E-state index is 6.16. The highest BCUT2D eigenvalue weighted by Crippen LogP contribution is 2.42. The quantitative estimate of drug-likeness (QED) is 0.926. The number of methoxy groups -OCH3 is 2. The molecule has 2 rings (SSSR count). The summed E-state index contributed by atoms with van der Waals surface area (Å²) in [7, 11) is 3.08. The number of aromatic nitrogens is 2. The standard InChI is InChI=1S/C12H14ClN3O3/c1-6-7(12-15-9(5-14)19-16-12)4-8(13)11(18-3)10(6)17-2/h4H,5,14H2,1-3H3. The van der Waals surface area contributed by atoms with E-state index in [1.807, 2.05) is 6.92 Å². The third-order valence-corrected chi connectivity index (χ3v) is 3.01. The van der Waals surface area contributed by atoms with Crippen LogP contribution in [-0.4, -0.2) is 24.4 Å². The molecule has 0 spiro atoms. The van der Waals surface area contributed by atoms with E-state index in [1.54, 1.807) is 13.2 Å². The lowest BCUT2D eigenvalue weighted by Gasteiger charge is -2.14. The van der Waals surface area contributed by atoms with Crippen molar-refractivity contribution in [2.45, 2.75) is 13.5 Å². The van der Waals surface area contributed by atoms with Crippen LogP contribution in [0.2, 0.25) is 5.02 Å². The Hall–Kier alpha value is -1.79. The van der Waals surface area contributed by atoms with Crippen LogP contribution in [0.4, 0.5) is 0 Å². The number of hydrogen-bond acceptors (Lipinski definition) is 6. The third-order valence-electron chi connectivity index (χ3n) is 2.73. The number of ether oxygens (including phenoxy) is 2. The molecule has 0 saturated carbocycles. The highest BCUT2D eigenvalue weighted by molar-refractivity contribution is 6.32. The Labute approximate surface area is 115 Å². The number of rotatable bonds is 4. The Kier molecular flexibility index (Phi) is 3.92. The molecule has 19 heavy (non-hydrogen) atoms. The van der Waals surface area contributed by atoms with E-state index >= 15 is 0 Å². The third kappa shape index (κ3) is 2.36. The van der Waals surface area contributed by atoms with Gasteiger partial charge in [0, 0.05) is 11.1 Å². The first kappa shape index (κ1) is 13.6. The maximum Gasteiger partial charge on any atom is 0.240 e. The molecular weight excluding hydrogens is 270 g/mol. The summed E-state index contributed by atoms with van der Waals surface area (Å²) in [6, 6.07) is 1.71. The van der Waals surface area contributed by atoms with Gasteiger partial charge in [0.1, 0.15) is 0 Å². The van der Waals surface area contributed by atoms with Gasteiger partial charge in [0.25, 0.3) is 0 Å². The Morgan fingerprint density at radius 2 is 2.00 bits per heavy atom. The highest BCUT2D eigenvalue weighted by atomic mass is 35.5. The van der Waals surface area contributed by atoms with Crippen molar-refractivity contribution in [2.75, 3.05) is 14.2 Å². The van der Waals surface area contributed by atoms with E-state index in [1.165, 1.54) is 7.11 Å². The Bertz CT molecular complexity index is 598. The van der Waals surface area contributed by atoms with Gasteiger partial charge >= 0.3 is 0 Å². The van der Waals surface area contributed by atoms with Crippen LogP contribution in [0.15, 0.2) is 10.6 Å². The largest absolute Gasteiger partial charge is 0.493 e. The molecule has 7 heteroatoms. The van der Waals surface area contributed by atoms with Crippen molar-refractivity contribution < 1.29 is 14.0 Å². The van der Waals surface area contributed by atoms with Gasteiger partial charge < -0.3 is 19.7 Å². The monoisotopic (exact) mass is 283 g/mol. The zero-order chi connectivity index (χ0) is 14.0. The molecular formula is C12H14ClN3O3. The molecule has 102 valence electrons. The van der Waals surface area contributed by atoms with E-state index in [9.17, 15) is 0 Å². The van der Waals surface area contributed by atoms with E-state index in [4.69, 9.17) is 31.3 Å². The maximum absolute atomic E-state index is 6.16. The smallest absolute Gasteiger partial charge is 0.240 e. The van der Waals surface area contributed by atoms with E-state index in [0.29, 0.717) is 33.8 Å². The zero-order valence-corrected chi connectivity index (χ0v) is 11.6. The van der Waals surface area contributed by atoms with Gasteiger partial charge in [0.15, 0.2) is 11.5 Å². The topological polar surface area (TPSA) is 83.4 Å². The summed E-state index contributed by atoms with van der Waals surface area (Å²) in [4.78, 5) is 4.17. The van der Waals surface area contributed by atoms with Crippen LogP contribution in [0.5, 0.6) is 11.5 Å². The first-order chi connectivity index (χ1) is 9.12. The summed E-state index contributed by atoms with van der Waals surface area (Å²) in [5.74, 6) is 1.80. The molecule has 2 aromatic rings. The summed E-state index contributed by atoms with van der Waals surface area (Å²) >= 11 is 6.16. The summed E-state index contributed by atoms with van der Waals surface area (Å²) in [5.41, 5.74) is 6.97. The van der Waals surface area contributed by atoms with Gasteiger partial charge in [-0.25, -0.2) is 0 Å². The van der Waals surface area contributed by atoms with Gasteiger partial charge in [-0.2, -0.15) is 4.98 Å². The molecule has 0 aliphatic carbocycles. The van der Waals surface area contributed by atoms with Crippen LogP contribution in [0.3, 0.4) is 0 Å². The van der Waals surface area contributed by atoms with Crippen molar-refractivity contribution in [3.05, 3.63) is 22.5 Å². The van der Waals surface area contributed by atoms with Crippen molar-refractivity contribution >= 4 is 11.6 Å². The van der Waals surface area contributed by atoms with Crippen LogP contribution in [0.25, 0.3) is 11.4 Å². The van der Waals surface area contributed by atoms with Crippen LogP contribution in [-0.2, 0) is 6.54 Å². The second kappa shape index (κ2) is 5.46. The van der Waals surface area contributed by atoms with Gasteiger partial charge in [-0.15, -0.1) is 0 Å². The fraction of sp³-hybridized carbons (Fsp3) is 0.333. The molecule has 1 heterocycles. The average Bonchev–Trinajstić information content (AvgIpc) is 2.89. The first-order valence-electron chi connectivity index (χ1n) is 5.56. The normalized spacial score (nSPS) is 10.6. The van der Waals surface area contributed by atoms with Crippen molar-refractivity contribution in [3.63, 3.8) is 0 Å². The lowest BCUT2D eigenvalue weighted by atomic mass is 10.1. The molecule has 0 atom stereocenters. The second-order valence-corrected chi connectivity index (χ2v) is 4.22. The van der Waals surface area contributed by atoms with Crippen molar-refractivity contribution in [3.8, 4) is 22.9 Å². The van der Waals surface area contributed by atoms with E-state index < -0.39 is 0 Å². The molecule has 6 nitrogen and oxygen atoms in total. The SMILES string of the molecule is COc1c(Cl)cc(-c2noc(CN)n2)c(C)c1OC. The predicted molar refractivity (Wildman–Crippen MR) is 70.5 cm³/mol. The summed E-state index contributed by atoms with van der Waals surface area (Å²) in [6.07, 6.45) is 0. The molecule has 0 radical (unpaired) electrons. The fourth-order valence-electron chi connectivity index (χ4n) is 1.82. The van der Waals surface area contributed by atoms with Crippen LogP contribution in [0, 0.1) is 6.92 Å². The molecule has 0 fully saturated rings. The first-order valence-corrected chi connectivity index (χ1v) is 5.94. The minimum Gasteiger partial charge on any atom is -0.493 e. The van der Waals surface area contributed by atoms with E-state index in [2.05, 4.69) is 10.1 Å². The highest BCUT2D eigenvalue weighted by Gasteiger charge is 2.19. The minimum absolute atomic E-state index is 0.188. The van der Waals surface area contributed by atoms with Crippen molar-refractivity contribution in [2.24, 2.45) is 5.73 Å². The Morgan fingerprint density at radius 3 is 2.53 bits per heavy atom. The molecule has 1 aromatic carbocycles. The van der Waals surface area contributed by atoms with Gasteiger partial charge in [0.2, 0.25) is 11.7 Å². The van der Waals surface area contributed by atoms with Crippen LogP contribution >= 0.6 is 11.6 Å². The molecule has 1 aromatic heterocycles. The summed E-state index contributed by atoms with van der Waals surface area (Å²) in [5, 5.41) is 4.28. The van der Waals surface area contributed by atoms with Gasteiger partial charge in [-0.1, -0.05) is 16.8 Å². The van der Waals surface area contributed by atoms with Crippen LogP contribution < -0.4 is 15.2 Å². The minimum atomic E-state index is 0.188. The fourth-order valence-corrected chi connectivity index (χ4v) is 2.09. The summed E-state index contributed by atoms with van der Waals surface area (Å²) < 4.78 is 15.5. The van der Waals surface area contributed by atoms with Crippen LogP contribution in [0.1, 0.15) is 11.5 Å². The lowest BCUT2D eigenvalue weighted by molar-refractivity contribution is 0.353. The Morgan fingerprint density at radius 1 is 1.32 bits per heavy atom. The molecule has 0 aliphatic rings. The molecule has 2 N–H and O–H groups in total. The molecule has 0 unspecified atom stereocenters. The number of halogens is 1. The number of benzene rings is 1. The molecule has 0 aliphatic heterocycles. The zero-order valence-electron chi connectivity index (χ0n) is 10.9. The summed E-state index contributed by atoms with van der Waals surface area (Å²) in [6.45, 7) is 2.05. The van der Waals surface area contributed by atoms with Crippen molar-refractivity contribution in [1.82, 2.24) is 10.1 Å². The average molecular weight is 284 g/mol. The molecule has 0 bridgehead atoms. The van der Waals surface area contributed by atoms with Gasteiger partial charge in [-0.3, -0.25) is 0 Å². The second-order valence-electron chi connectivity index (χ2n) is 3.81. The van der Waals surface area contributed by atoms with Gasteiger partial charge in [0.05, 0.1) is 25.8 Å².